The van der Waals surface area contributed by atoms with Crippen LogP contribution in [0.5, 0.6) is 5.75 Å². The molecule has 1 N–H and O–H groups in total. The monoisotopic (exact) mass is 428 g/mol. The first kappa shape index (κ1) is 20.8. The molecule has 0 unspecified atom stereocenters. The fourth-order valence-corrected chi connectivity index (χ4v) is 5.06. The molecule has 0 aliphatic carbocycles. The second kappa shape index (κ2) is 10.0. The molecule has 0 bridgehead atoms. The van der Waals surface area contributed by atoms with E-state index in [9.17, 15) is 0 Å². The molecule has 4 rings (SSSR count). The number of nitrogens with zero attached hydrogens (tertiary/aromatic N) is 5. The quantitative estimate of drug-likeness (QED) is 0.564. The van der Waals surface area contributed by atoms with Gasteiger partial charge < -0.3 is 24.8 Å². The molecule has 0 radical (unpaired) electrons. The lowest BCUT2D eigenvalue weighted by molar-refractivity contribution is 0.367. The first-order chi connectivity index (χ1) is 14.8. The molecule has 2 saturated heterocycles. The first-order valence-electron chi connectivity index (χ1n) is 10.8. The summed E-state index contributed by atoms with van der Waals surface area (Å²) >= 11 is 1.77. The molecule has 2 aliphatic rings. The maximum atomic E-state index is 5.52. The van der Waals surface area contributed by atoms with Crippen LogP contribution in [-0.2, 0) is 6.42 Å². The molecule has 0 atom stereocenters. The standard InChI is InChI=1S/C22H32N6OS/c1-23-21(24-10-9-18-17-30-22(25-18)28-11-5-6-12-28)27-15-13-26(14-16-27)19-7-3-4-8-20(19)29-2/h3-4,7-8,17H,5-6,9-16H2,1-2H3,(H,23,24). The molecule has 8 heteroatoms. The Balaban J connectivity index is 1.25. The highest BCUT2D eigenvalue weighted by atomic mass is 32.1. The van der Waals surface area contributed by atoms with Gasteiger partial charge in [0.1, 0.15) is 5.75 Å². The highest BCUT2D eigenvalue weighted by molar-refractivity contribution is 7.13. The maximum absolute atomic E-state index is 5.52. The van der Waals surface area contributed by atoms with E-state index in [2.05, 4.69) is 42.5 Å². The molecule has 1 aromatic heterocycles. The SMILES string of the molecule is CN=C(NCCc1csc(N2CCCC2)n1)N1CCN(c2ccccc2OC)CC1. The van der Waals surface area contributed by atoms with Crippen LogP contribution in [0.15, 0.2) is 34.6 Å². The fourth-order valence-electron chi connectivity index (χ4n) is 4.15. The third-order valence-electron chi connectivity index (χ3n) is 5.80. The van der Waals surface area contributed by atoms with Gasteiger partial charge in [0.2, 0.25) is 0 Å². The van der Waals surface area contributed by atoms with Crippen LogP contribution in [0.3, 0.4) is 0 Å². The molecule has 1 aromatic carbocycles. The van der Waals surface area contributed by atoms with E-state index < -0.39 is 0 Å². The number of hydrogen-bond acceptors (Lipinski definition) is 6. The predicted octanol–water partition coefficient (Wildman–Crippen LogP) is 2.69. The zero-order valence-electron chi connectivity index (χ0n) is 18.0. The minimum Gasteiger partial charge on any atom is -0.495 e. The van der Waals surface area contributed by atoms with Gasteiger partial charge in [-0.05, 0) is 25.0 Å². The summed E-state index contributed by atoms with van der Waals surface area (Å²) < 4.78 is 5.52. The summed E-state index contributed by atoms with van der Waals surface area (Å²) in [6.07, 6.45) is 3.50. The zero-order chi connectivity index (χ0) is 20.8. The van der Waals surface area contributed by atoms with Crippen LogP contribution in [0.1, 0.15) is 18.5 Å². The second-order valence-corrected chi connectivity index (χ2v) is 8.52. The number of nitrogens with one attached hydrogen (secondary N) is 1. The van der Waals surface area contributed by atoms with Crippen LogP contribution in [-0.4, -0.2) is 75.8 Å². The Bertz CT molecular complexity index is 840. The minimum atomic E-state index is 0.850. The second-order valence-electron chi connectivity index (χ2n) is 7.69. The van der Waals surface area contributed by atoms with Crippen molar-refractivity contribution < 1.29 is 4.74 Å². The largest absolute Gasteiger partial charge is 0.495 e. The lowest BCUT2D eigenvalue weighted by atomic mass is 10.2. The molecule has 2 fully saturated rings. The molecule has 3 heterocycles. The van der Waals surface area contributed by atoms with Gasteiger partial charge in [-0.25, -0.2) is 4.98 Å². The zero-order valence-corrected chi connectivity index (χ0v) is 18.8. The minimum absolute atomic E-state index is 0.850. The van der Waals surface area contributed by atoms with E-state index in [1.165, 1.54) is 29.4 Å². The van der Waals surface area contributed by atoms with Crippen molar-refractivity contribution >= 4 is 28.1 Å². The van der Waals surface area contributed by atoms with Gasteiger partial charge in [-0.15, -0.1) is 11.3 Å². The van der Waals surface area contributed by atoms with Gasteiger partial charge in [0.25, 0.3) is 0 Å². The van der Waals surface area contributed by atoms with Gasteiger partial charge in [0.05, 0.1) is 18.5 Å². The maximum Gasteiger partial charge on any atom is 0.193 e. The van der Waals surface area contributed by atoms with Crippen LogP contribution < -0.4 is 19.9 Å². The van der Waals surface area contributed by atoms with Crippen molar-refractivity contribution in [3.05, 3.63) is 35.3 Å². The van der Waals surface area contributed by atoms with Crippen molar-refractivity contribution in [2.45, 2.75) is 19.3 Å². The van der Waals surface area contributed by atoms with Crippen LogP contribution in [0.2, 0.25) is 0 Å². The lowest BCUT2D eigenvalue weighted by Gasteiger charge is -2.38. The summed E-state index contributed by atoms with van der Waals surface area (Å²) in [7, 11) is 3.60. The molecule has 0 saturated carbocycles. The van der Waals surface area contributed by atoms with E-state index >= 15 is 0 Å². The summed E-state index contributed by atoms with van der Waals surface area (Å²) in [4.78, 5) is 16.5. The lowest BCUT2D eigenvalue weighted by Crippen LogP contribution is -2.52. The normalized spacial score (nSPS) is 17.5. The van der Waals surface area contributed by atoms with Crippen molar-refractivity contribution in [1.29, 1.82) is 0 Å². The highest BCUT2D eigenvalue weighted by Crippen LogP contribution is 2.28. The molecular formula is C22H32N6OS. The Kier molecular flexibility index (Phi) is 6.94. The third kappa shape index (κ3) is 4.80. The number of piperazine rings is 1. The molecule has 162 valence electrons. The molecule has 2 aliphatic heterocycles. The molecule has 7 nitrogen and oxygen atoms in total. The number of guanidine groups is 1. The third-order valence-corrected chi connectivity index (χ3v) is 6.75. The average Bonchev–Trinajstić information content (AvgIpc) is 3.49. The van der Waals surface area contributed by atoms with Crippen LogP contribution in [0.25, 0.3) is 0 Å². The van der Waals surface area contributed by atoms with E-state index in [-0.39, 0.29) is 0 Å². The Morgan fingerprint density at radius 3 is 2.60 bits per heavy atom. The van der Waals surface area contributed by atoms with Crippen molar-refractivity contribution in [2.75, 3.05) is 69.8 Å². The first-order valence-corrected chi connectivity index (χ1v) is 11.7. The Labute approximate surface area is 183 Å². The van der Waals surface area contributed by atoms with Gasteiger partial charge >= 0.3 is 0 Å². The number of hydrogen-bond donors (Lipinski definition) is 1. The molecule has 2 aromatic rings. The fraction of sp³-hybridized carbons (Fsp3) is 0.545. The summed E-state index contributed by atoms with van der Waals surface area (Å²) in [6, 6.07) is 8.24. The number of aliphatic imine (C=N–C) groups is 1. The summed E-state index contributed by atoms with van der Waals surface area (Å²) in [5, 5.41) is 6.91. The van der Waals surface area contributed by atoms with Gasteiger partial charge in [-0.2, -0.15) is 0 Å². The smallest absolute Gasteiger partial charge is 0.193 e. The number of anilines is 2. The Morgan fingerprint density at radius 1 is 1.10 bits per heavy atom. The van der Waals surface area contributed by atoms with Crippen LogP contribution >= 0.6 is 11.3 Å². The van der Waals surface area contributed by atoms with E-state index in [1.54, 1.807) is 18.4 Å². The topological polar surface area (TPSA) is 56.2 Å². The summed E-state index contributed by atoms with van der Waals surface area (Å²) in [6.45, 7) is 6.93. The van der Waals surface area contributed by atoms with Crippen molar-refractivity contribution in [3.8, 4) is 5.75 Å². The highest BCUT2D eigenvalue weighted by Gasteiger charge is 2.21. The number of thiazole rings is 1. The summed E-state index contributed by atoms with van der Waals surface area (Å²) in [5.41, 5.74) is 2.34. The number of rotatable bonds is 6. The molecule has 0 amide bonds. The van der Waals surface area contributed by atoms with Gasteiger partial charge in [0.15, 0.2) is 11.1 Å². The molecular weight excluding hydrogens is 396 g/mol. The Hall–Kier alpha value is -2.48. The summed E-state index contributed by atoms with van der Waals surface area (Å²) in [5.74, 6) is 1.91. The number of aromatic nitrogens is 1. The average molecular weight is 429 g/mol. The Morgan fingerprint density at radius 2 is 1.87 bits per heavy atom. The van der Waals surface area contributed by atoms with Gasteiger partial charge in [-0.1, -0.05) is 12.1 Å². The van der Waals surface area contributed by atoms with E-state index in [4.69, 9.17) is 9.72 Å². The van der Waals surface area contributed by atoms with Crippen molar-refractivity contribution in [1.82, 2.24) is 15.2 Å². The number of benzene rings is 1. The van der Waals surface area contributed by atoms with Crippen LogP contribution in [0, 0.1) is 0 Å². The van der Waals surface area contributed by atoms with Crippen molar-refractivity contribution in [3.63, 3.8) is 0 Å². The van der Waals surface area contributed by atoms with E-state index in [0.717, 1.165) is 63.9 Å². The van der Waals surface area contributed by atoms with E-state index in [1.807, 2.05) is 19.2 Å². The number of para-hydroxylation sites is 2. The van der Waals surface area contributed by atoms with Crippen molar-refractivity contribution in [2.24, 2.45) is 4.99 Å². The molecule has 30 heavy (non-hydrogen) atoms. The van der Waals surface area contributed by atoms with Crippen LogP contribution in [0.4, 0.5) is 10.8 Å². The van der Waals surface area contributed by atoms with E-state index in [0.29, 0.717) is 0 Å². The number of methoxy groups -OCH3 is 1. The van der Waals surface area contributed by atoms with Gasteiger partial charge in [-0.3, -0.25) is 4.99 Å². The van der Waals surface area contributed by atoms with Gasteiger partial charge in [0, 0.05) is 64.7 Å². The predicted molar refractivity (Wildman–Crippen MR) is 125 cm³/mol. The number of ether oxygens (including phenoxy) is 1. The molecule has 0 spiro atoms.